The number of thiophene rings is 1. The number of morpholine rings is 1. The van der Waals surface area contributed by atoms with E-state index in [0.29, 0.717) is 0 Å². The van der Waals surface area contributed by atoms with Crippen LogP contribution in [-0.4, -0.2) is 37.1 Å². The number of carbonyl (C=O) groups is 1. The highest BCUT2D eigenvalue weighted by Crippen LogP contribution is 2.15. The molecule has 2 heterocycles. The van der Waals surface area contributed by atoms with E-state index in [0.717, 1.165) is 42.6 Å². The summed E-state index contributed by atoms with van der Waals surface area (Å²) in [4.78, 5) is 12.6. The first-order valence-corrected chi connectivity index (χ1v) is 8.39. The van der Waals surface area contributed by atoms with Crippen LogP contribution in [0, 0.1) is 0 Å². The standard InChI is InChI=1S/C17H19N3O2S/c21-16(17-2-1-13-23-17)7-8-18-14-3-5-15(6-4-14)19-20-9-11-22-12-10-20/h1-8,13,18-19H,9-12H2/b8-7+. The van der Waals surface area contributed by atoms with E-state index in [1.165, 1.54) is 11.3 Å². The second kappa shape index (κ2) is 7.92. The van der Waals surface area contributed by atoms with Crippen LogP contribution in [0.15, 0.2) is 54.1 Å². The van der Waals surface area contributed by atoms with Gasteiger partial charge in [0, 0.05) is 36.7 Å². The van der Waals surface area contributed by atoms with Gasteiger partial charge in [0.2, 0.25) is 0 Å². The van der Waals surface area contributed by atoms with Crippen molar-refractivity contribution in [1.82, 2.24) is 5.01 Å². The van der Waals surface area contributed by atoms with Gasteiger partial charge < -0.3 is 15.5 Å². The Morgan fingerprint density at radius 1 is 1.13 bits per heavy atom. The summed E-state index contributed by atoms with van der Waals surface area (Å²) in [6.07, 6.45) is 3.22. The van der Waals surface area contributed by atoms with Gasteiger partial charge in [-0.2, -0.15) is 0 Å². The van der Waals surface area contributed by atoms with Gasteiger partial charge in [-0.25, -0.2) is 5.01 Å². The second-order valence-corrected chi connectivity index (χ2v) is 6.06. The van der Waals surface area contributed by atoms with Gasteiger partial charge in [0.1, 0.15) is 0 Å². The van der Waals surface area contributed by atoms with Crippen molar-refractivity contribution in [3.05, 3.63) is 58.9 Å². The minimum atomic E-state index is 0.0121. The summed E-state index contributed by atoms with van der Waals surface area (Å²) in [5.74, 6) is 0.0121. The molecule has 2 N–H and O–H groups in total. The smallest absolute Gasteiger partial charge is 0.197 e. The molecule has 0 atom stereocenters. The average Bonchev–Trinajstić information content (AvgIpc) is 3.12. The number of ether oxygens (including phenoxy) is 1. The zero-order valence-corrected chi connectivity index (χ0v) is 13.5. The Hall–Kier alpha value is -2.15. The lowest BCUT2D eigenvalue weighted by molar-refractivity contribution is 0.0497. The van der Waals surface area contributed by atoms with Gasteiger partial charge in [0.15, 0.2) is 5.78 Å². The van der Waals surface area contributed by atoms with E-state index in [2.05, 4.69) is 15.8 Å². The molecule has 0 spiro atoms. The van der Waals surface area contributed by atoms with E-state index in [4.69, 9.17) is 4.74 Å². The second-order valence-electron chi connectivity index (χ2n) is 5.11. The number of nitrogens with one attached hydrogen (secondary N) is 2. The van der Waals surface area contributed by atoms with Crippen molar-refractivity contribution < 1.29 is 9.53 Å². The first-order chi connectivity index (χ1) is 11.3. The number of allylic oxidation sites excluding steroid dienone is 1. The lowest BCUT2D eigenvalue weighted by Crippen LogP contribution is -2.40. The number of hydrogen-bond donors (Lipinski definition) is 2. The molecule has 3 rings (SSSR count). The number of benzene rings is 1. The van der Waals surface area contributed by atoms with Crippen molar-refractivity contribution in [1.29, 1.82) is 0 Å². The van der Waals surface area contributed by atoms with Crippen LogP contribution in [-0.2, 0) is 4.74 Å². The van der Waals surface area contributed by atoms with Crippen LogP contribution in [0.4, 0.5) is 11.4 Å². The molecule has 2 aromatic rings. The van der Waals surface area contributed by atoms with Crippen LogP contribution in [0.1, 0.15) is 9.67 Å². The fourth-order valence-electron chi connectivity index (χ4n) is 2.21. The molecule has 1 aliphatic heterocycles. The topological polar surface area (TPSA) is 53.6 Å². The summed E-state index contributed by atoms with van der Waals surface area (Å²) in [5, 5.41) is 7.15. The minimum Gasteiger partial charge on any atom is -0.379 e. The van der Waals surface area contributed by atoms with E-state index in [9.17, 15) is 4.79 Å². The average molecular weight is 329 g/mol. The Kier molecular flexibility index (Phi) is 5.42. The maximum Gasteiger partial charge on any atom is 0.197 e. The molecule has 23 heavy (non-hydrogen) atoms. The van der Waals surface area contributed by atoms with Gasteiger partial charge in [-0.3, -0.25) is 4.79 Å². The zero-order valence-electron chi connectivity index (χ0n) is 12.7. The lowest BCUT2D eigenvalue weighted by atomic mass is 10.3. The maximum absolute atomic E-state index is 11.8. The Morgan fingerprint density at radius 2 is 1.87 bits per heavy atom. The Morgan fingerprint density at radius 3 is 2.57 bits per heavy atom. The summed E-state index contributed by atoms with van der Waals surface area (Å²) in [7, 11) is 0. The number of ketones is 1. The van der Waals surface area contributed by atoms with Crippen molar-refractivity contribution in [2.75, 3.05) is 37.0 Å². The zero-order chi connectivity index (χ0) is 15.9. The SMILES string of the molecule is O=C(/C=C/Nc1ccc(NN2CCOCC2)cc1)c1cccs1. The van der Waals surface area contributed by atoms with Crippen molar-refractivity contribution in [2.24, 2.45) is 0 Å². The first-order valence-electron chi connectivity index (χ1n) is 7.51. The van der Waals surface area contributed by atoms with Gasteiger partial charge in [-0.05, 0) is 35.7 Å². The molecule has 0 unspecified atom stereocenters. The normalized spacial score (nSPS) is 15.7. The Labute approximate surface area is 139 Å². The van der Waals surface area contributed by atoms with Crippen LogP contribution >= 0.6 is 11.3 Å². The summed E-state index contributed by atoms with van der Waals surface area (Å²) in [5.41, 5.74) is 5.33. The number of hydrogen-bond acceptors (Lipinski definition) is 6. The van der Waals surface area contributed by atoms with Crippen LogP contribution < -0.4 is 10.7 Å². The monoisotopic (exact) mass is 329 g/mol. The number of anilines is 2. The van der Waals surface area contributed by atoms with Crippen LogP contribution in [0.25, 0.3) is 0 Å². The molecule has 0 aliphatic carbocycles. The molecule has 6 heteroatoms. The molecule has 1 aliphatic rings. The molecule has 0 saturated carbocycles. The molecule has 1 aromatic heterocycles. The van der Waals surface area contributed by atoms with Gasteiger partial charge in [-0.15, -0.1) is 11.3 Å². The fourth-order valence-corrected chi connectivity index (χ4v) is 2.86. The first kappa shape index (κ1) is 15.7. The van der Waals surface area contributed by atoms with Crippen molar-refractivity contribution in [3.8, 4) is 0 Å². The third-order valence-electron chi connectivity index (χ3n) is 3.43. The maximum atomic E-state index is 11.8. The fraction of sp³-hybridized carbons (Fsp3) is 0.235. The third kappa shape index (κ3) is 4.66. The Bertz CT molecular complexity index is 647. The molecule has 0 radical (unpaired) electrons. The molecule has 0 amide bonds. The van der Waals surface area contributed by atoms with Crippen LogP contribution in [0.3, 0.4) is 0 Å². The van der Waals surface area contributed by atoms with Gasteiger partial charge in [0.05, 0.1) is 18.1 Å². The molecule has 1 fully saturated rings. The predicted octanol–water partition coefficient (Wildman–Crippen LogP) is 3.22. The third-order valence-corrected chi connectivity index (χ3v) is 4.32. The van der Waals surface area contributed by atoms with E-state index in [-0.39, 0.29) is 5.78 Å². The number of nitrogens with zero attached hydrogens (tertiary/aromatic N) is 1. The van der Waals surface area contributed by atoms with Gasteiger partial charge in [-0.1, -0.05) is 6.07 Å². The number of rotatable bonds is 6. The molecule has 1 saturated heterocycles. The molecule has 1 aromatic carbocycles. The van der Waals surface area contributed by atoms with Crippen LogP contribution in [0.5, 0.6) is 0 Å². The summed E-state index contributed by atoms with van der Waals surface area (Å²) in [6, 6.07) is 11.7. The highest BCUT2D eigenvalue weighted by Gasteiger charge is 2.09. The highest BCUT2D eigenvalue weighted by molar-refractivity contribution is 7.12. The highest BCUT2D eigenvalue weighted by atomic mass is 32.1. The lowest BCUT2D eigenvalue weighted by Gasteiger charge is -2.27. The van der Waals surface area contributed by atoms with Gasteiger partial charge >= 0.3 is 0 Å². The van der Waals surface area contributed by atoms with Gasteiger partial charge in [0.25, 0.3) is 0 Å². The number of hydrazine groups is 1. The summed E-state index contributed by atoms with van der Waals surface area (Å²) >= 11 is 1.45. The van der Waals surface area contributed by atoms with E-state index in [1.807, 2.05) is 41.8 Å². The summed E-state index contributed by atoms with van der Waals surface area (Å²) < 4.78 is 5.32. The molecule has 5 nitrogen and oxygen atoms in total. The van der Waals surface area contributed by atoms with E-state index < -0.39 is 0 Å². The van der Waals surface area contributed by atoms with Crippen molar-refractivity contribution in [3.63, 3.8) is 0 Å². The van der Waals surface area contributed by atoms with Crippen LogP contribution in [0.2, 0.25) is 0 Å². The molecular formula is C17H19N3O2S. The molecular weight excluding hydrogens is 310 g/mol. The molecule has 0 bridgehead atoms. The van der Waals surface area contributed by atoms with E-state index in [1.54, 1.807) is 12.3 Å². The van der Waals surface area contributed by atoms with Crippen molar-refractivity contribution in [2.45, 2.75) is 0 Å². The number of carbonyl (C=O) groups excluding carboxylic acids is 1. The predicted molar refractivity (Wildman–Crippen MR) is 93.9 cm³/mol. The summed E-state index contributed by atoms with van der Waals surface area (Å²) in [6.45, 7) is 3.28. The largest absolute Gasteiger partial charge is 0.379 e. The quantitative estimate of drug-likeness (QED) is 0.629. The minimum absolute atomic E-state index is 0.0121. The van der Waals surface area contributed by atoms with E-state index >= 15 is 0 Å². The van der Waals surface area contributed by atoms with Crippen molar-refractivity contribution >= 4 is 28.5 Å². The Balaban J connectivity index is 1.50. The molecule has 120 valence electrons.